The van der Waals surface area contributed by atoms with E-state index >= 15 is 0 Å². The van der Waals surface area contributed by atoms with E-state index in [9.17, 15) is 10.2 Å². The van der Waals surface area contributed by atoms with Crippen molar-refractivity contribution in [2.24, 2.45) is 20.5 Å². The van der Waals surface area contributed by atoms with Crippen LogP contribution in [0.1, 0.15) is 128 Å². The number of rotatable bonds is 15. The van der Waals surface area contributed by atoms with Crippen LogP contribution in [0.5, 0.6) is 0 Å². The zero-order valence-electron chi connectivity index (χ0n) is 27.8. The summed E-state index contributed by atoms with van der Waals surface area (Å²) < 4.78 is 0. The van der Waals surface area contributed by atoms with Gasteiger partial charge in [-0.05, 0) is 89.9 Å². The van der Waals surface area contributed by atoms with E-state index in [0.29, 0.717) is 49.1 Å². The lowest BCUT2D eigenvalue weighted by Crippen LogP contribution is -2.79. The Hall–Kier alpha value is -1.12. The van der Waals surface area contributed by atoms with Crippen molar-refractivity contribution < 1.29 is 10.2 Å². The highest BCUT2D eigenvalue weighted by Gasteiger charge is 2.34. The lowest BCUT2D eigenvalue weighted by molar-refractivity contribution is 0.0259. The summed E-state index contributed by atoms with van der Waals surface area (Å²) in [4.78, 5) is 2.31. The number of aliphatic hydroxyl groups is 2. The van der Waals surface area contributed by atoms with E-state index in [4.69, 9.17) is 20.5 Å². The molecule has 2 unspecified atom stereocenters. The van der Waals surface area contributed by atoms with Crippen LogP contribution in [-0.4, -0.2) is 96.5 Å². The van der Waals surface area contributed by atoms with Crippen LogP contribution >= 0.6 is 0 Å². The zero-order valence-corrected chi connectivity index (χ0v) is 27.8. The molecule has 258 valence electrons. The highest BCUT2D eigenvalue weighted by atomic mass is 16.3. The Bertz CT molecular complexity index is 786. The maximum Gasteiger partial charge on any atom is 0.118 e. The quantitative estimate of drug-likeness (QED) is 0.134. The number of hydrogen-bond donors (Lipinski definition) is 7. The third-order valence-electron chi connectivity index (χ3n) is 10.7. The minimum absolute atomic E-state index is 0.0643. The van der Waals surface area contributed by atoms with Crippen LogP contribution in [0.15, 0.2) is 20.5 Å². The monoisotopic (exact) mass is 633 g/mol. The Balaban J connectivity index is 1.12. The average molecular weight is 633 g/mol. The SMILES string of the molecule is OCCCN(CCCO)C1NC(NC2CCC(N=NC3CCCCC3)CC2)NC(NC2CCC(N=NC3CCCCC3)CC2)N1. The van der Waals surface area contributed by atoms with E-state index in [-0.39, 0.29) is 32.1 Å². The third-order valence-corrected chi connectivity index (χ3v) is 10.7. The molecule has 0 spiro atoms. The van der Waals surface area contributed by atoms with Gasteiger partial charge < -0.3 is 10.2 Å². The van der Waals surface area contributed by atoms with Crippen LogP contribution in [0.3, 0.4) is 0 Å². The first-order valence-electron chi connectivity index (χ1n) is 18.7. The van der Waals surface area contributed by atoms with Crippen molar-refractivity contribution in [3.05, 3.63) is 0 Å². The zero-order chi connectivity index (χ0) is 31.1. The molecule has 45 heavy (non-hydrogen) atoms. The minimum Gasteiger partial charge on any atom is -0.396 e. The first-order valence-corrected chi connectivity index (χ1v) is 18.7. The van der Waals surface area contributed by atoms with Crippen molar-refractivity contribution in [1.29, 1.82) is 0 Å². The highest BCUT2D eigenvalue weighted by molar-refractivity contribution is 4.89. The van der Waals surface area contributed by atoms with Gasteiger partial charge in [-0.2, -0.15) is 20.5 Å². The van der Waals surface area contributed by atoms with Gasteiger partial charge in [0.05, 0.1) is 24.2 Å². The molecule has 0 bridgehead atoms. The fourth-order valence-electron chi connectivity index (χ4n) is 7.91. The van der Waals surface area contributed by atoms with Gasteiger partial charge >= 0.3 is 0 Å². The molecule has 5 fully saturated rings. The van der Waals surface area contributed by atoms with Gasteiger partial charge in [0.2, 0.25) is 0 Å². The molecule has 1 saturated heterocycles. The lowest BCUT2D eigenvalue weighted by Gasteiger charge is -2.46. The highest BCUT2D eigenvalue weighted by Crippen LogP contribution is 2.27. The number of hydrogen-bond acceptors (Lipinski definition) is 12. The lowest BCUT2D eigenvalue weighted by atomic mass is 9.91. The standard InChI is InChI=1S/C33H64N10O2/c44-23-7-21-43(22-8-24-45)33-37-31(34-25-13-17-29(18-14-25)41-39-27-9-3-1-4-10-27)36-32(38-33)35-26-15-19-30(20-16-26)42-40-28-11-5-2-6-12-28/h25-38,44-45H,1-24H2. The summed E-state index contributed by atoms with van der Waals surface area (Å²) in [6.07, 6.45) is 22.7. The number of nitrogens with one attached hydrogen (secondary N) is 5. The molecule has 5 rings (SSSR count). The van der Waals surface area contributed by atoms with Crippen molar-refractivity contribution in [3.8, 4) is 0 Å². The minimum atomic E-state index is -0.0828. The van der Waals surface area contributed by atoms with Crippen molar-refractivity contribution in [2.45, 2.75) is 184 Å². The first-order chi connectivity index (χ1) is 22.2. The molecule has 5 aliphatic rings. The van der Waals surface area contributed by atoms with Crippen LogP contribution < -0.4 is 26.6 Å². The molecule has 7 N–H and O–H groups in total. The Morgan fingerprint density at radius 2 is 0.867 bits per heavy atom. The summed E-state index contributed by atoms with van der Waals surface area (Å²) in [6, 6.07) is 2.49. The predicted octanol–water partition coefficient (Wildman–Crippen LogP) is 4.06. The van der Waals surface area contributed by atoms with Crippen LogP contribution in [-0.2, 0) is 0 Å². The van der Waals surface area contributed by atoms with Crippen molar-refractivity contribution in [1.82, 2.24) is 31.5 Å². The Morgan fingerprint density at radius 1 is 0.489 bits per heavy atom. The molecule has 0 radical (unpaired) electrons. The van der Waals surface area contributed by atoms with Gasteiger partial charge in [-0.15, -0.1) is 0 Å². The molecule has 2 atom stereocenters. The van der Waals surface area contributed by atoms with Crippen LogP contribution in [0.2, 0.25) is 0 Å². The topological polar surface area (TPSA) is 153 Å². The molecular weight excluding hydrogens is 568 g/mol. The molecule has 0 aromatic rings. The van der Waals surface area contributed by atoms with E-state index in [0.717, 1.165) is 64.5 Å². The van der Waals surface area contributed by atoms with Gasteiger partial charge in [-0.3, -0.25) is 31.5 Å². The molecule has 12 heteroatoms. The Kier molecular flexibility index (Phi) is 15.4. The molecule has 0 aromatic carbocycles. The second-order valence-corrected chi connectivity index (χ2v) is 14.3. The van der Waals surface area contributed by atoms with E-state index in [2.05, 4.69) is 31.5 Å². The van der Waals surface area contributed by atoms with Crippen LogP contribution in [0.4, 0.5) is 0 Å². The molecule has 1 aliphatic heterocycles. The summed E-state index contributed by atoms with van der Waals surface area (Å²) in [7, 11) is 0. The number of nitrogens with zero attached hydrogens (tertiary/aromatic N) is 5. The Labute approximate surface area is 271 Å². The summed E-state index contributed by atoms with van der Waals surface area (Å²) in [6.45, 7) is 1.84. The number of azo groups is 2. The van der Waals surface area contributed by atoms with Gasteiger partial charge in [0.15, 0.2) is 0 Å². The maximum atomic E-state index is 9.56. The van der Waals surface area contributed by atoms with Crippen molar-refractivity contribution in [3.63, 3.8) is 0 Å². The van der Waals surface area contributed by atoms with Crippen molar-refractivity contribution >= 4 is 0 Å². The van der Waals surface area contributed by atoms with Gasteiger partial charge in [-0.25, -0.2) is 0 Å². The molecular formula is C33H64N10O2. The largest absolute Gasteiger partial charge is 0.396 e. The molecule has 12 nitrogen and oxygen atoms in total. The fourth-order valence-corrected chi connectivity index (χ4v) is 7.91. The number of aliphatic hydroxyl groups excluding tert-OH is 2. The van der Waals surface area contributed by atoms with Gasteiger partial charge in [0.25, 0.3) is 0 Å². The summed E-state index contributed by atoms with van der Waals surface area (Å²) in [5, 5.41) is 57.1. The van der Waals surface area contributed by atoms with E-state index < -0.39 is 0 Å². The second kappa shape index (κ2) is 19.6. The van der Waals surface area contributed by atoms with E-state index in [1.807, 2.05) is 0 Å². The third kappa shape index (κ3) is 12.1. The Morgan fingerprint density at radius 3 is 1.24 bits per heavy atom. The average Bonchev–Trinajstić information content (AvgIpc) is 3.08. The molecule has 0 aromatic heterocycles. The van der Waals surface area contributed by atoms with Crippen LogP contribution in [0, 0.1) is 0 Å². The first kappa shape index (κ1) is 35.2. The maximum absolute atomic E-state index is 9.56. The van der Waals surface area contributed by atoms with E-state index in [1.165, 1.54) is 64.2 Å². The van der Waals surface area contributed by atoms with Gasteiger partial charge in [0.1, 0.15) is 18.9 Å². The molecule has 1 heterocycles. The summed E-state index contributed by atoms with van der Waals surface area (Å²) >= 11 is 0. The summed E-state index contributed by atoms with van der Waals surface area (Å²) in [5.74, 6) is 0. The molecule has 4 saturated carbocycles. The van der Waals surface area contributed by atoms with Gasteiger partial charge in [-0.1, -0.05) is 38.5 Å². The smallest absolute Gasteiger partial charge is 0.118 e. The summed E-state index contributed by atoms with van der Waals surface area (Å²) in [5.41, 5.74) is 0. The van der Waals surface area contributed by atoms with Gasteiger partial charge in [0, 0.05) is 38.4 Å². The van der Waals surface area contributed by atoms with E-state index in [1.54, 1.807) is 0 Å². The predicted molar refractivity (Wildman–Crippen MR) is 178 cm³/mol. The van der Waals surface area contributed by atoms with Crippen molar-refractivity contribution in [2.75, 3.05) is 26.3 Å². The fraction of sp³-hybridized carbons (Fsp3) is 1.00. The second-order valence-electron chi connectivity index (χ2n) is 14.3. The molecule has 0 amide bonds. The van der Waals surface area contributed by atoms with Crippen LogP contribution in [0.25, 0.3) is 0 Å². The molecule has 4 aliphatic carbocycles. The normalized spacial score (nSPS) is 34.7.